The lowest BCUT2D eigenvalue weighted by Crippen LogP contribution is -2.51. The van der Waals surface area contributed by atoms with Crippen molar-refractivity contribution in [3.63, 3.8) is 0 Å². The van der Waals surface area contributed by atoms with Crippen molar-refractivity contribution in [2.75, 3.05) is 6.54 Å². The first-order chi connectivity index (χ1) is 5.18. The van der Waals surface area contributed by atoms with Crippen LogP contribution in [0.4, 0.5) is 0 Å². The van der Waals surface area contributed by atoms with Gasteiger partial charge >= 0.3 is 0 Å². The summed E-state index contributed by atoms with van der Waals surface area (Å²) < 4.78 is 0. The van der Waals surface area contributed by atoms with Gasteiger partial charge in [0, 0.05) is 30.7 Å². The Kier molecular flexibility index (Phi) is 1.69. The summed E-state index contributed by atoms with van der Waals surface area (Å²) in [5.41, 5.74) is 0. The SMILES string of the molecule is CC1NC2CC1N(C(C)C)C2. The maximum absolute atomic E-state index is 3.60. The molecule has 2 heterocycles. The minimum Gasteiger partial charge on any atom is -0.309 e. The van der Waals surface area contributed by atoms with E-state index in [0.717, 1.165) is 24.2 Å². The van der Waals surface area contributed by atoms with Crippen molar-refractivity contribution in [2.45, 2.75) is 51.4 Å². The van der Waals surface area contributed by atoms with Crippen molar-refractivity contribution in [1.29, 1.82) is 0 Å². The number of nitrogens with zero attached hydrogens (tertiary/aromatic N) is 1. The summed E-state index contributed by atoms with van der Waals surface area (Å²) in [7, 11) is 0. The Labute approximate surface area is 69.0 Å². The standard InChI is InChI=1S/C9H18N2/c1-6(2)11-5-8-4-9(11)7(3)10-8/h6-10H,4-5H2,1-3H3. The maximum atomic E-state index is 3.60. The minimum atomic E-state index is 0.719. The van der Waals surface area contributed by atoms with Crippen LogP contribution in [0.2, 0.25) is 0 Å². The Balaban J connectivity index is 2.06. The molecule has 1 N–H and O–H groups in total. The van der Waals surface area contributed by atoms with Crippen LogP contribution in [0.15, 0.2) is 0 Å². The second-order valence-electron chi connectivity index (χ2n) is 4.25. The first kappa shape index (κ1) is 7.56. The molecule has 2 saturated heterocycles. The number of fused-ring (bicyclic) bond motifs is 2. The summed E-state index contributed by atoms with van der Waals surface area (Å²) in [4.78, 5) is 2.63. The highest BCUT2D eigenvalue weighted by atomic mass is 15.3. The van der Waals surface area contributed by atoms with Crippen LogP contribution in [-0.4, -0.2) is 35.6 Å². The molecule has 0 aromatic carbocycles. The molecule has 64 valence electrons. The van der Waals surface area contributed by atoms with Crippen LogP contribution >= 0.6 is 0 Å². The Bertz CT molecular complexity index is 156. The fraction of sp³-hybridized carbons (Fsp3) is 1.00. The maximum Gasteiger partial charge on any atom is 0.0265 e. The molecule has 2 aliphatic heterocycles. The molecular formula is C9H18N2. The van der Waals surface area contributed by atoms with E-state index in [9.17, 15) is 0 Å². The van der Waals surface area contributed by atoms with Gasteiger partial charge in [0.1, 0.15) is 0 Å². The monoisotopic (exact) mass is 154 g/mol. The normalized spacial score (nSPS) is 44.2. The summed E-state index contributed by atoms with van der Waals surface area (Å²) >= 11 is 0. The van der Waals surface area contributed by atoms with Crippen molar-refractivity contribution in [3.8, 4) is 0 Å². The van der Waals surface area contributed by atoms with Gasteiger partial charge in [-0.2, -0.15) is 0 Å². The van der Waals surface area contributed by atoms with E-state index in [4.69, 9.17) is 0 Å². The molecule has 0 aliphatic carbocycles. The highest BCUT2D eigenvalue weighted by Crippen LogP contribution is 2.29. The van der Waals surface area contributed by atoms with Gasteiger partial charge in [-0.3, -0.25) is 4.90 Å². The van der Waals surface area contributed by atoms with Gasteiger partial charge in [-0.25, -0.2) is 0 Å². The summed E-state index contributed by atoms with van der Waals surface area (Å²) in [6.07, 6.45) is 1.37. The summed E-state index contributed by atoms with van der Waals surface area (Å²) in [6.45, 7) is 8.17. The predicted molar refractivity (Wildman–Crippen MR) is 46.6 cm³/mol. The van der Waals surface area contributed by atoms with Crippen molar-refractivity contribution in [1.82, 2.24) is 10.2 Å². The van der Waals surface area contributed by atoms with Gasteiger partial charge in [0.15, 0.2) is 0 Å². The Morgan fingerprint density at radius 1 is 1.45 bits per heavy atom. The first-order valence-corrected chi connectivity index (χ1v) is 4.70. The van der Waals surface area contributed by atoms with E-state index in [1.54, 1.807) is 0 Å². The lowest BCUT2D eigenvalue weighted by atomic mass is 10.1. The predicted octanol–water partition coefficient (Wildman–Crippen LogP) is 0.829. The molecule has 11 heavy (non-hydrogen) atoms. The van der Waals surface area contributed by atoms with Gasteiger partial charge in [0.05, 0.1) is 0 Å². The van der Waals surface area contributed by atoms with Crippen LogP contribution in [0.3, 0.4) is 0 Å². The van der Waals surface area contributed by atoms with Gasteiger partial charge < -0.3 is 5.32 Å². The average molecular weight is 154 g/mol. The van der Waals surface area contributed by atoms with E-state index >= 15 is 0 Å². The molecule has 2 aliphatic rings. The molecule has 0 aromatic heterocycles. The zero-order chi connectivity index (χ0) is 8.01. The average Bonchev–Trinajstić information content (AvgIpc) is 2.43. The highest BCUT2D eigenvalue weighted by molar-refractivity contribution is 5.03. The van der Waals surface area contributed by atoms with E-state index < -0.39 is 0 Å². The summed E-state index contributed by atoms with van der Waals surface area (Å²) in [5.74, 6) is 0. The van der Waals surface area contributed by atoms with Gasteiger partial charge in [0.25, 0.3) is 0 Å². The number of hydrogen-bond acceptors (Lipinski definition) is 2. The van der Waals surface area contributed by atoms with E-state index in [-0.39, 0.29) is 0 Å². The largest absolute Gasteiger partial charge is 0.309 e. The second kappa shape index (κ2) is 2.46. The second-order valence-corrected chi connectivity index (χ2v) is 4.25. The van der Waals surface area contributed by atoms with Crippen LogP contribution in [-0.2, 0) is 0 Å². The smallest absolute Gasteiger partial charge is 0.0265 e. The molecule has 2 heteroatoms. The van der Waals surface area contributed by atoms with Crippen molar-refractivity contribution < 1.29 is 0 Å². The van der Waals surface area contributed by atoms with Crippen molar-refractivity contribution >= 4 is 0 Å². The third-order valence-electron chi connectivity index (χ3n) is 3.12. The van der Waals surface area contributed by atoms with Gasteiger partial charge in [-0.05, 0) is 27.2 Å². The third kappa shape index (κ3) is 1.09. The Morgan fingerprint density at radius 2 is 2.18 bits per heavy atom. The molecule has 2 nitrogen and oxygen atoms in total. The molecular weight excluding hydrogens is 136 g/mol. The molecule has 3 unspecified atom stereocenters. The van der Waals surface area contributed by atoms with Gasteiger partial charge in [-0.15, -0.1) is 0 Å². The molecule has 0 amide bonds. The molecule has 2 fully saturated rings. The van der Waals surface area contributed by atoms with Crippen LogP contribution in [0.1, 0.15) is 27.2 Å². The fourth-order valence-electron chi connectivity index (χ4n) is 2.58. The molecule has 0 aromatic rings. The van der Waals surface area contributed by atoms with Crippen LogP contribution in [0.5, 0.6) is 0 Å². The molecule has 2 bridgehead atoms. The molecule has 2 rings (SSSR count). The summed E-state index contributed by atoms with van der Waals surface area (Å²) in [5, 5.41) is 3.60. The molecule has 3 atom stereocenters. The van der Waals surface area contributed by atoms with Crippen molar-refractivity contribution in [3.05, 3.63) is 0 Å². The lowest BCUT2D eigenvalue weighted by molar-refractivity contribution is 0.152. The molecule has 0 radical (unpaired) electrons. The summed E-state index contributed by atoms with van der Waals surface area (Å²) in [6, 6.07) is 3.06. The number of piperazine rings is 1. The van der Waals surface area contributed by atoms with Crippen LogP contribution in [0, 0.1) is 0 Å². The van der Waals surface area contributed by atoms with E-state index in [1.807, 2.05) is 0 Å². The molecule has 0 saturated carbocycles. The number of likely N-dealkylation sites (tertiary alicyclic amines) is 1. The zero-order valence-corrected chi connectivity index (χ0v) is 7.67. The van der Waals surface area contributed by atoms with Crippen LogP contribution < -0.4 is 5.32 Å². The topological polar surface area (TPSA) is 15.3 Å². The van der Waals surface area contributed by atoms with Gasteiger partial charge in [0.2, 0.25) is 0 Å². The zero-order valence-electron chi connectivity index (χ0n) is 7.67. The first-order valence-electron chi connectivity index (χ1n) is 4.70. The number of rotatable bonds is 1. The quantitative estimate of drug-likeness (QED) is 0.602. The van der Waals surface area contributed by atoms with E-state index in [0.29, 0.717) is 0 Å². The van der Waals surface area contributed by atoms with Crippen molar-refractivity contribution in [2.24, 2.45) is 0 Å². The fourth-order valence-corrected chi connectivity index (χ4v) is 2.58. The molecule has 0 spiro atoms. The van der Waals surface area contributed by atoms with Crippen LogP contribution in [0.25, 0.3) is 0 Å². The lowest BCUT2D eigenvalue weighted by Gasteiger charge is -2.34. The van der Waals surface area contributed by atoms with E-state index in [1.165, 1.54) is 13.0 Å². The van der Waals surface area contributed by atoms with E-state index in [2.05, 4.69) is 31.0 Å². The van der Waals surface area contributed by atoms with Gasteiger partial charge in [-0.1, -0.05) is 0 Å². The highest BCUT2D eigenvalue weighted by Gasteiger charge is 2.42. The number of nitrogens with one attached hydrogen (secondary N) is 1. The number of hydrogen-bond donors (Lipinski definition) is 1. The third-order valence-corrected chi connectivity index (χ3v) is 3.12. The minimum absolute atomic E-state index is 0.719. The Hall–Kier alpha value is -0.0800. The Morgan fingerprint density at radius 3 is 2.55 bits per heavy atom.